The van der Waals surface area contributed by atoms with Crippen LogP contribution in [0.25, 0.3) is 39.0 Å². The lowest BCUT2D eigenvalue weighted by molar-refractivity contribution is 0.924. The van der Waals surface area contributed by atoms with E-state index in [1.807, 2.05) is 54.1 Å². The van der Waals surface area contributed by atoms with Crippen LogP contribution in [0.4, 0.5) is 0 Å². The lowest BCUT2D eigenvalue weighted by Gasteiger charge is -2.14. The summed E-state index contributed by atoms with van der Waals surface area (Å²) < 4.78 is 1.83. The highest BCUT2D eigenvalue weighted by molar-refractivity contribution is 5.91. The number of allylic oxidation sites excluding steroid dienone is 1. The molecular formula is C25H24N4. The molecule has 0 saturated heterocycles. The van der Waals surface area contributed by atoms with Crippen LogP contribution in [-0.4, -0.2) is 9.55 Å². The van der Waals surface area contributed by atoms with Crippen molar-refractivity contribution in [2.45, 2.75) is 19.9 Å². The van der Waals surface area contributed by atoms with E-state index >= 15 is 0 Å². The maximum absolute atomic E-state index is 8.71. The van der Waals surface area contributed by atoms with Gasteiger partial charge in [-0.2, -0.15) is 0 Å². The van der Waals surface area contributed by atoms with E-state index in [9.17, 15) is 0 Å². The van der Waals surface area contributed by atoms with Crippen LogP contribution in [0.15, 0.2) is 79.5 Å². The minimum absolute atomic E-state index is 0.407. The second kappa shape index (κ2) is 7.86. The van der Waals surface area contributed by atoms with E-state index in [1.54, 1.807) is 0 Å². The Bertz CT molecular complexity index is 1240. The van der Waals surface area contributed by atoms with Crippen LogP contribution in [0.1, 0.15) is 18.9 Å². The third-order valence-corrected chi connectivity index (χ3v) is 5.23. The predicted octanol–water partition coefficient (Wildman–Crippen LogP) is 5.19. The highest BCUT2D eigenvalue weighted by atomic mass is 15.0. The van der Waals surface area contributed by atoms with Crippen LogP contribution in [0.5, 0.6) is 0 Å². The topological polar surface area (TPSA) is 67.7 Å². The maximum atomic E-state index is 8.71. The van der Waals surface area contributed by atoms with Crippen molar-refractivity contribution in [1.82, 2.24) is 9.55 Å². The highest BCUT2D eigenvalue weighted by Gasteiger charge is 2.13. The van der Waals surface area contributed by atoms with E-state index in [-0.39, 0.29) is 0 Å². The van der Waals surface area contributed by atoms with Crippen LogP contribution in [-0.2, 0) is 6.54 Å². The Morgan fingerprint density at radius 2 is 1.76 bits per heavy atom. The molecule has 2 aromatic carbocycles. The first-order chi connectivity index (χ1) is 14.1. The van der Waals surface area contributed by atoms with Gasteiger partial charge < -0.3 is 10.3 Å². The summed E-state index contributed by atoms with van der Waals surface area (Å²) in [6.45, 7) is 6.64. The molecule has 2 heterocycles. The molecule has 0 amide bonds. The fourth-order valence-corrected chi connectivity index (χ4v) is 3.48. The van der Waals surface area contributed by atoms with Gasteiger partial charge in [-0.3, -0.25) is 5.41 Å². The van der Waals surface area contributed by atoms with Gasteiger partial charge in [0.25, 0.3) is 0 Å². The van der Waals surface area contributed by atoms with E-state index in [0.717, 1.165) is 51.0 Å². The molecule has 0 aliphatic heterocycles. The number of pyridine rings is 2. The van der Waals surface area contributed by atoms with Gasteiger partial charge >= 0.3 is 0 Å². The first kappa shape index (κ1) is 18.8. The molecule has 4 aromatic rings. The van der Waals surface area contributed by atoms with Gasteiger partial charge in [-0.25, -0.2) is 4.98 Å². The summed E-state index contributed by atoms with van der Waals surface area (Å²) in [5.41, 5.74) is 12.9. The fourth-order valence-electron chi connectivity index (χ4n) is 3.48. The van der Waals surface area contributed by atoms with Gasteiger partial charge in [-0.15, -0.1) is 0 Å². The molecule has 4 heteroatoms. The Balaban J connectivity index is 2.01. The van der Waals surface area contributed by atoms with Crippen LogP contribution in [0.3, 0.4) is 0 Å². The van der Waals surface area contributed by atoms with Gasteiger partial charge in [-0.05, 0) is 29.7 Å². The van der Waals surface area contributed by atoms with E-state index < -0.39 is 0 Å². The Labute approximate surface area is 170 Å². The third-order valence-electron chi connectivity index (χ3n) is 5.23. The number of fused-ring (bicyclic) bond motifs is 1. The van der Waals surface area contributed by atoms with Crippen LogP contribution in [0.2, 0.25) is 0 Å². The molecule has 29 heavy (non-hydrogen) atoms. The SMILES string of the molecule is C=C(CC)n1ccc2nc(-c3ccc(CN)cc3)c(-c3ccccc3)cc2c1=N. The van der Waals surface area contributed by atoms with E-state index in [2.05, 4.69) is 36.9 Å². The van der Waals surface area contributed by atoms with Gasteiger partial charge in [0.05, 0.1) is 11.2 Å². The van der Waals surface area contributed by atoms with Gasteiger partial charge in [-0.1, -0.05) is 68.1 Å². The first-order valence-electron chi connectivity index (χ1n) is 9.76. The summed E-state index contributed by atoms with van der Waals surface area (Å²) in [6.07, 6.45) is 2.67. The zero-order valence-electron chi connectivity index (χ0n) is 16.5. The molecule has 4 nitrogen and oxygen atoms in total. The Kier molecular flexibility index (Phi) is 5.10. The zero-order chi connectivity index (χ0) is 20.4. The average molecular weight is 380 g/mol. The second-order valence-electron chi connectivity index (χ2n) is 7.04. The zero-order valence-corrected chi connectivity index (χ0v) is 16.5. The van der Waals surface area contributed by atoms with Crippen molar-refractivity contribution in [2.75, 3.05) is 0 Å². The molecule has 0 spiro atoms. The summed E-state index contributed by atoms with van der Waals surface area (Å²) in [7, 11) is 0. The molecule has 144 valence electrons. The lowest BCUT2D eigenvalue weighted by atomic mass is 9.97. The summed E-state index contributed by atoms with van der Waals surface area (Å²) in [5, 5.41) is 9.52. The molecule has 0 bridgehead atoms. The van der Waals surface area contributed by atoms with Gasteiger partial charge in [0.1, 0.15) is 5.49 Å². The lowest BCUT2D eigenvalue weighted by Crippen LogP contribution is -2.19. The van der Waals surface area contributed by atoms with Crippen molar-refractivity contribution < 1.29 is 0 Å². The molecule has 3 N–H and O–H groups in total. The Hall–Kier alpha value is -3.50. The molecule has 0 aliphatic carbocycles. The van der Waals surface area contributed by atoms with Gasteiger partial charge in [0, 0.05) is 35.0 Å². The standard InChI is InChI=1S/C25H24N4/c1-3-17(2)29-14-13-23-22(25(29)27)15-21(19-7-5-4-6-8-19)24(28-23)20-11-9-18(16-26)10-12-20/h4-15,27H,2-3,16,26H2,1H3. The van der Waals surface area contributed by atoms with Crippen molar-refractivity contribution in [3.05, 3.63) is 90.6 Å². The number of hydrogen-bond acceptors (Lipinski definition) is 3. The van der Waals surface area contributed by atoms with Crippen LogP contribution >= 0.6 is 0 Å². The maximum Gasteiger partial charge on any atom is 0.138 e. The number of aromatic nitrogens is 2. The molecule has 0 unspecified atom stereocenters. The molecule has 0 fully saturated rings. The van der Waals surface area contributed by atoms with Crippen molar-refractivity contribution in [3.8, 4) is 22.4 Å². The molecule has 0 aliphatic rings. The van der Waals surface area contributed by atoms with Gasteiger partial charge in [0.15, 0.2) is 0 Å². The van der Waals surface area contributed by atoms with Crippen LogP contribution in [0, 0.1) is 5.41 Å². The van der Waals surface area contributed by atoms with Crippen molar-refractivity contribution in [3.63, 3.8) is 0 Å². The van der Waals surface area contributed by atoms with Crippen molar-refractivity contribution in [1.29, 1.82) is 5.41 Å². The van der Waals surface area contributed by atoms with Crippen molar-refractivity contribution in [2.24, 2.45) is 5.73 Å². The quantitative estimate of drug-likeness (QED) is 0.500. The molecular weight excluding hydrogens is 356 g/mol. The summed E-state index contributed by atoms with van der Waals surface area (Å²) >= 11 is 0. The summed E-state index contributed by atoms with van der Waals surface area (Å²) in [6, 6.07) is 22.4. The fraction of sp³-hybridized carbons (Fsp3) is 0.120. The monoisotopic (exact) mass is 380 g/mol. The number of hydrogen-bond donors (Lipinski definition) is 2. The predicted molar refractivity (Wildman–Crippen MR) is 120 cm³/mol. The number of nitrogens with two attached hydrogens (primary N) is 1. The third kappa shape index (κ3) is 3.50. The Morgan fingerprint density at radius 1 is 1.03 bits per heavy atom. The molecule has 4 rings (SSSR count). The first-order valence-corrected chi connectivity index (χ1v) is 9.76. The normalized spacial score (nSPS) is 11.0. The van der Waals surface area contributed by atoms with E-state index in [1.165, 1.54) is 0 Å². The van der Waals surface area contributed by atoms with E-state index in [4.69, 9.17) is 16.1 Å². The molecule has 0 atom stereocenters. The number of nitrogens with zero attached hydrogens (tertiary/aromatic N) is 2. The molecule has 0 saturated carbocycles. The summed E-state index contributed by atoms with van der Waals surface area (Å²) in [4.78, 5) is 4.97. The minimum atomic E-state index is 0.407. The largest absolute Gasteiger partial charge is 0.326 e. The number of benzene rings is 2. The second-order valence-corrected chi connectivity index (χ2v) is 7.04. The smallest absolute Gasteiger partial charge is 0.138 e. The minimum Gasteiger partial charge on any atom is -0.326 e. The van der Waals surface area contributed by atoms with E-state index in [0.29, 0.717) is 12.0 Å². The molecule has 0 radical (unpaired) electrons. The van der Waals surface area contributed by atoms with Crippen LogP contribution < -0.4 is 11.2 Å². The summed E-state index contributed by atoms with van der Waals surface area (Å²) in [5.74, 6) is 0. The average Bonchev–Trinajstić information content (AvgIpc) is 2.79. The Morgan fingerprint density at radius 3 is 2.41 bits per heavy atom. The van der Waals surface area contributed by atoms with Gasteiger partial charge in [0.2, 0.25) is 0 Å². The number of rotatable bonds is 5. The highest BCUT2D eigenvalue weighted by Crippen LogP contribution is 2.32. The molecule has 2 aromatic heterocycles. The van der Waals surface area contributed by atoms with Crippen molar-refractivity contribution >= 4 is 16.6 Å². The number of nitrogens with one attached hydrogen (secondary N) is 1.